The molecule has 0 aliphatic carbocycles. The molecule has 1 aromatic carbocycles. The summed E-state index contributed by atoms with van der Waals surface area (Å²) in [6.45, 7) is 9.07. The molecule has 164 valence electrons. The molecule has 1 amide bonds. The number of nitrogens with zero attached hydrogens (tertiary/aromatic N) is 4. The maximum atomic E-state index is 12.4. The molecular formula is C22H33IN6O. The summed E-state index contributed by atoms with van der Waals surface area (Å²) in [6.07, 6.45) is 7.74. The van der Waals surface area contributed by atoms with Crippen LogP contribution in [0.25, 0.3) is 0 Å². The van der Waals surface area contributed by atoms with Gasteiger partial charge in [0.15, 0.2) is 5.96 Å². The zero-order valence-corrected chi connectivity index (χ0v) is 20.4. The molecule has 7 nitrogen and oxygen atoms in total. The number of benzene rings is 1. The molecule has 2 heterocycles. The monoisotopic (exact) mass is 524 g/mol. The Morgan fingerprint density at radius 1 is 1.33 bits per heavy atom. The lowest BCUT2D eigenvalue weighted by Crippen LogP contribution is -2.49. The highest BCUT2D eigenvalue weighted by molar-refractivity contribution is 14.0. The van der Waals surface area contributed by atoms with E-state index in [1.165, 1.54) is 5.56 Å². The second-order valence-corrected chi connectivity index (χ2v) is 7.56. The first-order valence-corrected chi connectivity index (χ1v) is 10.5. The summed E-state index contributed by atoms with van der Waals surface area (Å²) in [5, 5.41) is 6.29. The van der Waals surface area contributed by atoms with Crippen LogP contribution in [0.2, 0.25) is 0 Å². The Labute approximate surface area is 196 Å². The van der Waals surface area contributed by atoms with Crippen molar-refractivity contribution in [3.05, 3.63) is 48.5 Å². The van der Waals surface area contributed by atoms with Gasteiger partial charge in [0, 0.05) is 37.7 Å². The number of likely N-dealkylation sites (tertiary alicyclic amines) is 1. The van der Waals surface area contributed by atoms with Crippen LogP contribution in [0.4, 0.5) is 5.69 Å². The molecule has 2 N–H and O–H groups in total. The van der Waals surface area contributed by atoms with Gasteiger partial charge in [-0.25, -0.2) is 9.98 Å². The van der Waals surface area contributed by atoms with Gasteiger partial charge in [-0.3, -0.25) is 4.79 Å². The van der Waals surface area contributed by atoms with Crippen molar-refractivity contribution in [1.82, 2.24) is 19.8 Å². The average Bonchev–Trinajstić information content (AvgIpc) is 3.26. The van der Waals surface area contributed by atoms with E-state index in [1.54, 1.807) is 0 Å². The number of aryl methyl sites for hydroxylation is 1. The first-order chi connectivity index (χ1) is 14.1. The second kappa shape index (κ2) is 11.9. The average molecular weight is 524 g/mol. The molecule has 0 saturated carbocycles. The number of guanidine groups is 1. The molecule has 1 aliphatic heterocycles. The van der Waals surface area contributed by atoms with E-state index in [2.05, 4.69) is 50.0 Å². The topological polar surface area (TPSA) is 74.6 Å². The van der Waals surface area contributed by atoms with Gasteiger partial charge >= 0.3 is 0 Å². The summed E-state index contributed by atoms with van der Waals surface area (Å²) < 4.78 is 2.17. The second-order valence-electron chi connectivity index (χ2n) is 7.56. The Kier molecular flexibility index (Phi) is 9.61. The van der Waals surface area contributed by atoms with Crippen molar-refractivity contribution < 1.29 is 4.79 Å². The predicted molar refractivity (Wildman–Crippen MR) is 132 cm³/mol. The van der Waals surface area contributed by atoms with Crippen LogP contribution in [0.1, 0.15) is 38.8 Å². The summed E-state index contributed by atoms with van der Waals surface area (Å²) in [6, 6.07) is 8.29. The lowest BCUT2D eigenvalue weighted by Gasteiger charge is -2.39. The van der Waals surface area contributed by atoms with Crippen LogP contribution in [0, 0.1) is 5.92 Å². The Bertz CT molecular complexity index is 823. The maximum absolute atomic E-state index is 12.4. The van der Waals surface area contributed by atoms with E-state index in [-0.39, 0.29) is 36.4 Å². The van der Waals surface area contributed by atoms with Crippen LogP contribution in [-0.2, 0) is 11.2 Å². The van der Waals surface area contributed by atoms with E-state index in [4.69, 9.17) is 0 Å². The summed E-state index contributed by atoms with van der Waals surface area (Å²) in [5.74, 6) is 1.25. The molecular weight excluding hydrogens is 491 g/mol. The van der Waals surface area contributed by atoms with Crippen LogP contribution in [0.5, 0.6) is 0 Å². The van der Waals surface area contributed by atoms with E-state index < -0.39 is 0 Å². The van der Waals surface area contributed by atoms with Gasteiger partial charge in [0.1, 0.15) is 6.54 Å². The largest absolute Gasteiger partial charge is 0.357 e. The molecule has 1 fully saturated rings. The standard InChI is InChI=1S/C22H32N6O.HI/c1-4-18-7-6-8-19(13-18)26-21(29)14-25-22(24-5-2)27-11-9-17(3)20(15-27)28-12-10-23-16-28;/h6-8,10,12-13,16-17,20H,4-5,9,11,14-15H2,1-3H3,(H,24,25)(H,26,29);1H. The zero-order valence-electron chi connectivity index (χ0n) is 18.0. The number of carbonyl (C=O) groups excluding carboxylic acids is 1. The van der Waals surface area contributed by atoms with E-state index in [1.807, 2.05) is 43.8 Å². The molecule has 2 unspecified atom stereocenters. The quantitative estimate of drug-likeness (QED) is 0.345. The lowest BCUT2D eigenvalue weighted by atomic mass is 9.93. The number of piperidine rings is 1. The van der Waals surface area contributed by atoms with Crippen molar-refractivity contribution in [1.29, 1.82) is 0 Å². The van der Waals surface area contributed by atoms with Gasteiger partial charge in [-0.1, -0.05) is 26.0 Å². The third-order valence-corrected chi connectivity index (χ3v) is 5.45. The number of imidazole rings is 1. The molecule has 0 spiro atoms. The SMILES string of the molecule is CCNC(=NCC(=O)Nc1cccc(CC)c1)N1CCC(C)C(n2ccnc2)C1.I. The highest BCUT2D eigenvalue weighted by Crippen LogP contribution is 2.27. The lowest BCUT2D eigenvalue weighted by molar-refractivity contribution is -0.114. The molecule has 8 heteroatoms. The first-order valence-electron chi connectivity index (χ1n) is 10.5. The number of amides is 1. The fourth-order valence-corrected chi connectivity index (χ4v) is 3.74. The highest BCUT2D eigenvalue weighted by Gasteiger charge is 2.28. The van der Waals surface area contributed by atoms with Crippen molar-refractivity contribution >= 4 is 41.5 Å². The van der Waals surface area contributed by atoms with E-state index in [0.717, 1.165) is 44.1 Å². The number of anilines is 1. The fraction of sp³-hybridized carbons (Fsp3) is 0.500. The molecule has 0 bridgehead atoms. The third-order valence-electron chi connectivity index (χ3n) is 5.45. The van der Waals surface area contributed by atoms with Gasteiger partial charge in [-0.05, 0) is 43.4 Å². The molecule has 2 atom stereocenters. The number of halogens is 1. The molecule has 1 saturated heterocycles. The van der Waals surface area contributed by atoms with Crippen LogP contribution in [0.3, 0.4) is 0 Å². The number of nitrogens with one attached hydrogen (secondary N) is 2. The van der Waals surface area contributed by atoms with Crippen LogP contribution >= 0.6 is 24.0 Å². The number of hydrogen-bond acceptors (Lipinski definition) is 3. The summed E-state index contributed by atoms with van der Waals surface area (Å²) in [5.41, 5.74) is 2.02. The Hall–Kier alpha value is -2.10. The van der Waals surface area contributed by atoms with E-state index in [9.17, 15) is 4.79 Å². The van der Waals surface area contributed by atoms with Gasteiger partial charge in [0.2, 0.25) is 5.91 Å². The van der Waals surface area contributed by atoms with Gasteiger partial charge < -0.3 is 20.1 Å². The fourth-order valence-electron chi connectivity index (χ4n) is 3.74. The molecule has 1 aromatic heterocycles. The summed E-state index contributed by atoms with van der Waals surface area (Å²) >= 11 is 0. The van der Waals surface area contributed by atoms with E-state index >= 15 is 0 Å². The minimum absolute atomic E-state index is 0. The minimum atomic E-state index is -0.106. The summed E-state index contributed by atoms with van der Waals surface area (Å²) in [7, 11) is 0. The third kappa shape index (κ3) is 6.45. The zero-order chi connectivity index (χ0) is 20.6. The Balaban J connectivity index is 0.00000320. The summed E-state index contributed by atoms with van der Waals surface area (Å²) in [4.78, 5) is 23.5. The number of aliphatic imine (C=N–C) groups is 1. The molecule has 30 heavy (non-hydrogen) atoms. The number of rotatable bonds is 6. The van der Waals surface area contributed by atoms with Crippen LogP contribution < -0.4 is 10.6 Å². The Morgan fingerprint density at radius 3 is 2.87 bits per heavy atom. The molecule has 0 radical (unpaired) electrons. The Morgan fingerprint density at radius 2 is 2.17 bits per heavy atom. The van der Waals surface area contributed by atoms with Crippen molar-refractivity contribution in [3.8, 4) is 0 Å². The number of aromatic nitrogens is 2. The smallest absolute Gasteiger partial charge is 0.246 e. The van der Waals surface area contributed by atoms with Crippen molar-refractivity contribution in [3.63, 3.8) is 0 Å². The molecule has 1 aliphatic rings. The van der Waals surface area contributed by atoms with Gasteiger partial charge in [-0.15, -0.1) is 24.0 Å². The minimum Gasteiger partial charge on any atom is -0.357 e. The van der Waals surface area contributed by atoms with Crippen molar-refractivity contribution in [2.24, 2.45) is 10.9 Å². The maximum Gasteiger partial charge on any atom is 0.246 e. The first kappa shape index (κ1) is 24.2. The van der Waals surface area contributed by atoms with E-state index in [0.29, 0.717) is 12.0 Å². The highest BCUT2D eigenvalue weighted by atomic mass is 127. The normalized spacial score (nSPS) is 19.2. The molecule has 3 rings (SSSR count). The van der Waals surface area contributed by atoms with Crippen LogP contribution in [-0.4, -0.2) is 52.5 Å². The van der Waals surface area contributed by atoms with Gasteiger partial charge in [-0.2, -0.15) is 0 Å². The number of carbonyl (C=O) groups is 1. The molecule has 2 aromatic rings. The number of hydrogen-bond donors (Lipinski definition) is 2. The van der Waals surface area contributed by atoms with Crippen molar-refractivity contribution in [2.75, 3.05) is 31.5 Å². The van der Waals surface area contributed by atoms with Crippen LogP contribution in [0.15, 0.2) is 48.0 Å². The van der Waals surface area contributed by atoms with Crippen molar-refractivity contribution in [2.45, 2.75) is 39.7 Å². The van der Waals surface area contributed by atoms with Gasteiger partial charge in [0.05, 0.1) is 12.4 Å². The van der Waals surface area contributed by atoms with Gasteiger partial charge in [0.25, 0.3) is 0 Å². The predicted octanol–water partition coefficient (Wildman–Crippen LogP) is 3.55.